The largest absolute Gasteiger partial charge is 0.366 e. The van der Waals surface area contributed by atoms with Gasteiger partial charge in [0.1, 0.15) is 0 Å². The Balaban J connectivity index is 4.70. The summed E-state index contributed by atoms with van der Waals surface area (Å²) in [5.74, 6) is -0.355. The number of hydrogen-bond acceptors (Lipinski definition) is 2. The summed E-state index contributed by atoms with van der Waals surface area (Å²) < 4.78 is 0. The summed E-state index contributed by atoms with van der Waals surface area (Å²) in [6.45, 7) is 12.5. The molecule has 0 aliphatic heterocycles. The molecule has 1 amide bonds. The van der Waals surface area contributed by atoms with Crippen LogP contribution in [-0.2, 0) is 4.79 Å². The predicted molar refractivity (Wildman–Crippen MR) is 78.4 cm³/mol. The summed E-state index contributed by atoms with van der Waals surface area (Å²) in [7, 11) is 0. The van der Waals surface area contributed by atoms with Gasteiger partial charge in [0.25, 0.3) is 0 Å². The van der Waals surface area contributed by atoms with Gasteiger partial charge in [-0.15, -0.1) is 0 Å². The zero-order valence-corrected chi connectivity index (χ0v) is 12.4. The normalized spacial score (nSPS) is 12.7. The van der Waals surface area contributed by atoms with Crippen molar-refractivity contribution in [2.24, 2.45) is 5.73 Å². The lowest BCUT2D eigenvalue weighted by atomic mass is 10.0. The van der Waals surface area contributed by atoms with Crippen molar-refractivity contribution in [3.8, 4) is 0 Å². The van der Waals surface area contributed by atoms with E-state index in [0.29, 0.717) is 5.57 Å². The van der Waals surface area contributed by atoms with Crippen molar-refractivity contribution in [1.82, 2.24) is 4.90 Å². The molecule has 18 heavy (non-hydrogen) atoms. The number of nitrogens with two attached hydrogens (primary N) is 1. The lowest BCUT2D eigenvalue weighted by Crippen LogP contribution is -2.41. The molecule has 0 saturated carbocycles. The first-order valence-electron chi connectivity index (χ1n) is 7.31. The lowest BCUT2D eigenvalue weighted by molar-refractivity contribution is -0.115. The molecule has 0 spiro atoms. The highest BCUT2D eigenvalue weighted by molar-refractivity contribution is 5.92. The topological polar surface area (TPSA) is 46.3 Å². The third kappa shape index (κ3) is 6.20. The summed E-state index contributed by atoms with van der Waals surface area (Å²) in [5, 5.41) is 0. The zero-order chi connectivity index (χ0) is 14.0. The summed E-state index contributed by atoms with van der Waals surface area (Å²) >= 11 is 0. The number of rotatable bonds is 11. The van der Waals surface area contributed by atoms with Crippen LogP contribution in [0.5, 0.6) is 0 Å². The molecule has 0 rings (SSSR count). The number of carbonyl (C=O) groups is 1. The van der Waals surface area contributed by atoms with Crippen molar-refractivity contribution in [1.29, 1.82) is 0 Å². The van der Waals surface area contributed by atoms with E-state index in [0.717, 1.165) is 38.8 Å². The summed E-state index contributed by atoms with van der Waals surface area (Å²) in [5.41, 5.74) is 5.97. The molecule has 0 aromatic rings. The highest BCUT2D eigenvalue weighted by Crippen LogP contribution is 2.17. The van der Waals surface area contributed by atoms with Crippen LogP contribution in [0.2, 0.25) is 0 Å². The van der Waals surface area contributed by atoms with Crippen LogP contribution in [-0.4, -0.2) is 29.9 Å². The second-order valence-electron chi connectivity index (χ2n) is 4.94. The molecule has 1 atom stereocenters. The molecule has 0 heterocycles. The van der Waals surface area contributed by atoms with Gasteiger partial charge < -0.3 is 5.73 Å². The van der Waals surface area contributed by atoms with Crippen molar-refractivity contribution in [3.05, 3.63) is 12.2 Å². The van der Waals surface area contributed by atoms with Crippen LogP contribution in [0, 0.1) is 0 Å². The van der Waals surface area contributed by atoms with E-state index >= 15 is 0 Å². The number of primary amides is 1. The van der Waals surface area contributed by atoms with Crippen molar-refractivity contribution in [2.75, 3.05) is 13.1 Å². The molecule has 0 saturated heterocycles. The molecular formula is C15H30N2O. The number of carbonyl (C=O) groups excluding carboxylic acids is 1. The van der Waals surface area contributed by atoms with Gasteiger partial charge in [0.2, 0.25) is 5.91 Å². The maximum atomic E-state index is 11.4. The second kappa shape index (κ2) is 10.1. The van der Waals surface area contributed by atoms with Gasteiger partial charge in [-0.3, -0.25) is 9.69 Å². The minimum atomic E-state index is -0.355. The standard InChI is InChI=1S/C15H30N2O/c1-5-8-11-17(12-9-6-2)14(10-7-3)13(4)15(16)18/h14H,4-12H2,1-3H3,(H2,16,18). The van der Waals surface area contributed by atoms with Crippen LogP contribution in [0.25, 0.3) is 0 Å². The minimum Gasteiger partial charge on any atom is -0.366 e. The monoisotopic (exact) mass is 254 g/mol. The van der Waals surface area contributed by atoms with Crippen molar-refractivity contribution < 1.29 is 4.79 Å². The predicted octanol–water partition coefficient (Wildman–Crippen LogP) is 3.10. The van der Waals surface area contributed by atoms with E-state index in [1.165, 1.54) is 12.8 Å². The van der Waals surface area contributed by atoms with Crippen LogP contribution < -0.4 is 5.73 Å². The van der Waals surface area contributed by atoms with Gasteiger partial charge in [-0.25, -0.2) is 0 Å². The van der Waals surface area contributed by atoms with Gasteiger partial charge in [-0.2, -0.15) is 0 Å². The molecule has 3 heteroatoms. The molecule has 1 unspecified atom stereocenters. The Morgan fingerprint density at radius 3 is 1.94 bits per heavy atom. The smallest absolute Gasteiger partial charge is 0.245 e. The fourth-order valence-electron chi connectivity index (χ4n) is 2.16. The molecule has 0 aliphatic rings. The van der Waals surface area contributed by atoms with Gasteiger partial charge in [-0.1, -0.05) is 46.6 Å². The summed E-state index contributed by atoms with van der Waals surface area (Å²) in [4.78, 5) is 13.8. The van der Waals surface area contributed by atoms with E-state index in [1.807, 2.05) is 0 Å². The molecular weight excluding hydrogens is 224 g/mol. The van der Waals surface area contributed by atoms with Crippen molar-refractivity contribution in [3.63, 3.8) is 0 Å². The minimum absolute atomic E-state index is 0.130. The van der Waals surface area contributed by atoms with Crippen LogP contribution >= 0.6 is 0 Å². The molecule has 3 nitrogen and oxygen atoms in total. The van der Waals surface area contributed by atoms with Crippen LogP contribution in [0.3, 0.4) is 0 Å². The average Bonchev–Trinajstić information content (AvgIpc) is 2.36. The Labute approximate surface area is 112 Å². The fourth-order valence-corrected chi connectivity index (χ4v) is 2.16. The van der Waals surface area contributed by atoms with Crippen LogP contribution in [0.1, 0.15) is 59.3 Å². The van der Waals surface area contributed by atoms with Crippen molar-refractivity contribution >= 4 is 5.91 Å². The quantitative estimate of drug-likeness (QED) is 0.576. The number of nitrogens with zero attached hydrogens (tertiary/aromatic N) is 1. The molecule has 0 aromatic heterocycles. The first kappa shape index (κ1) is 17.2. The Morgan fingerprint density at radius 1 is 1.11 bits per heavy atom. The van der Waals surface area contributed by atoms with Crippen LogP contribution in [0.4, 0.5) is 0 Å². The number of amides is 1. The Hall–Kier alpha value is -0.830. The van der Waals surface area contributed by atoms with Gasteiger partial charge in [0, 0.05) is 11.6 Å². The molecule has 106 valence electrons. The van der Waals surface area contributed by atoms with E-state index in [4.69, 9.17) is 5.73 Å². The molecule has 0 radical (unpaired) electrons. The van der Waals surface area contributed by atoms with Crippen molar-refractivity contribution in [2.45, 2.75) is 65.3 Å². The maximum absolute atomic E-state index is 11.4. The average molecular weight is 254 g/mol. The molecule has 0 fully saturated rings. The van der Waals surface area contributed by atoms with Gasteiger partial charge in [0.15, 0.2) is 0 Å². The molecule has 0 aliphatic carbocycles. The first-order valence-corrected chi connectivity index (χ1v) is 7.31. The van der Waals surface area contributed by atoms with Gasteiger partial charge in [0.05, 0.1) is 0 Å². The number of hydrogen-bond donors (Lipinski definition) is 1. The third-order valence-electron chi connectivity index (χ3n) is 3.32. The van der Waals surface area contributed by atoms with E-state index in [1.54, 1.807) is 0 Å². The number of unbranched alkanes of at least 4 members (excludes halogenated alkanes) is 2. The van der Waals surface area contributed by atoms with Gasteiger partial charge in [-0.05, 0) is 32.4 Å². The van der Waals surface area contributed by atoms with Crippen LogP contribution in [0.15, 0.2) is 12.2 Å². The SMILES string of the molecule is C=C(C(N)=O)C(CCC)N(CCCC)CCCC. The Morgan fingerprint density at radius 2 is 1.61 bits per heavy atom. The zero-order valence-electron chi connectivity index (χ0n) is 12.4. The molecule has 2 N–H and O–H groups in total. The Kier molecular flexibility index (Phi) is 9.66. The Bertz CT molecular complexity index is 243. The first-order chi connectivity index (χ1) is 8.58. The van der Waals surface area contributed by atoms with E-state index in [2.05, 4.69) is 32.3 Å². The second-order valence-corrected chi connectivity index (χ2v) is 4.94. The van der Waals surface area contributed by atoms with E-state index in [9.17, 15) is 4.79 Å². The fraction of sp³-hybridized carbons (Fsp3) is 0.800. The van der Waals surface area contributed by atoms with Gasteiger partial charge >= 0.3 is 0 Å². The lowest BCUT2D eigenvalue weighted by Gasteiger charge is -2.32. The maximum Gasteiger partial charge on any atom is 0.245 e. The van der Waals surface area contributed by atoms with E-state index < -0.39 is 0 Å². The molecule has 0 aromatic carbocycles. The highest BCUT2D eigenvalue weighted by Gasteiger charge is 2.22. The third-order valence-corrected chi connectivity index (χ3v) is 3.32. The summed E-state index contributed by atoms with van der Waals surface area (Å²) in [6, 6.07) is 0.130. The molecule has 0 bridgehead atoms. The highest BCUT2D eigenvalue weighted by atomic mass is 16.1. The summed E-state index contributed by atoms with van der Waals surface area (Å²) in [6.07, 6.45) is 6.68. The van der Waals surface area contributed by atoms with E-state index in [-0.39, 0.29) is 11.9 Å².